The first-order valence-electron chi connectivity index (χ1n) is 5.50. The molecular weight excluding hydrogens is 206 g/mol. The first-order valence-corrected chi connectivity index (χ1v) is 6.04. The number of hydrogen-bond donors (Lipinski definition) is 0. The molecule has 1 rings (SSSR count). The fourth-order valence-corrected chi connectivity index (χ4v) is 1.63. The maximum Gasteiger partial charge on any atom is 0.0738 e. The lowest BCUT2D eigenvalue weighted by atomic mass is 9.98. The van der Waals surface area contributed by atoms with E-state index in [0.717, 1.165) is 6.54 Å². The smallest absolute Gasteiger partial charge is 0.0738 e. The Morgan fingerprint density at radius 2 is 1.87 bits per heavy atom. The summed E-state index contributed by atoms with van der Waals surface area (Å²) in [6, 6.07) is 9.43. The predicted octanol–water partition coefficient (Wildman–Crippen LogP) is 3.83. The van der Waals surface area contributed by atoms with Gasteiger partial charge in [0.1, 0.15) is 0 Å². The molecule has 0 aliphatic rings. The van der Waals surface area contributed by atoms with Crippen LogP contribution >= 0.6 is 11.6 Å². The fraction of sp³-hybridized carbons (Fsp3) is 0.538. The zero-order valence-corrected chi connectivity index (χ0v) is 10.6. The lowest BCUT2D eigenvalue weighted by Crippen LogP contribution is -2.15. The van der Waals surface area contributed by atoms with E-state index < -0.39 is 0 Å². The average Bonchev–Trinajstić information content (AvgIpc) is 2.29. The van der Waals surface area contributed by atoms with Crippen molar-refractivity contribution in [3.8, 4) is 0 Å². The van der Waals surface area contributed by atoms with Gasteiger partial charge in [0.2, 0.25) is 0 Å². The van der Waals surface area contributed by atoms with E-state index in [9.17, 15) is 0 Å². The van der Waals surface area contributed by atoms with Crippen LogP contribution in [0.2, 0.25) is 0 Å². The Hall–Kier alpha value is -0.530. The van der Waals surface area contributed by atoms with Gasteiger partial charge in [0.05, 0.1) is 6.00 Å². The molecule has 1 aromatic carbocycles. The first kappa shape index (κ1) is 12.5. The number of alkyl halides is 1. The summed E-state index contributed by atoms with van der Waals surface area (Å²) in [5.74, 6) is 0.657. The minimum absolute atomic E-state index is 0.577. The Morgan fingerprint density at radius 1 is 1.27 bits per heavy atom. The van der Waals surface area contributed by atoms with Gasteiger partial charge in [0.15, 0.2) is 0 Å². The average molecular weight is 226 g/mol. The summed E-state index contributed by atoms with van der Waals surface area (Å²) < 4.78 is 0. The summed E-state index contributed by atoms with van der Waals surface area (Å²) in [6.45, 7) is 5.41. The molecule has 0 saturated heterocycles. The number of nitrogens with zero attached hydrogens (tertiary/aromatic N) is 1. The van der Waals surface area contributed by atoms with Crippen molar-refractivity contribution in [3.05, 3.63) is 35.4 Å². The van der Waals surface area contributed by atoms with Gasteiger partial charge in [-0.2, -0.15) is 0 Å². The molecule has 2 heteroatoms. The van der Waals surface area contributed by atoms with Crippen LogP contribution in [0.25, 0.3) is 0 Å². The molecule has 1 aromatic rings. The highest BCUT2D eigenvalue weighted by Crippen LogP contribution is 2.19. The van der Waals surface area contributed by atoms with E-state index in [1.165, 1.54) is 17.5 Å². The normalized spacial score (nSPS) is 13.1. The molecule has 0 N–H and O–H groups in total. The van der Waals surface area contributed by atoms with Gasteiger partial charge in [-0.05, 0) is 30.5 Å². The van der Waals surface area contributed by atoms with Crippen LogP contribution in [0.3, 0.4) is 0 Å². The van der Waals surface area contributed by atoms with Crippen LogP contribution in [0.5, 0.6) is 0 Å². The quantitative estimate of drug-likeness (QED) is 0.544. The largest absolute Gasteiger partial charge is 0.289 e. The second-order valence-electron chi connectivity index (χ2n) is 4.18. The highest BCUT2D eigenvalue weighted by Gasteiger charge is 2.03. The standard InChI is InChI=1S/C13H20ClN/c1-4-11(2)13-7-5-12(6-8-13)9-15(3)10-14/h5-8,11H,4,9-10H2,1-3H3. The van der Waals surface area contributed by atoms with Crippen LogP contribution in [0.1, 0.15) is 37.3 Å². The molecular formula is C13H20ClN. The van der Waals surface area contributed by atoms with Gasteiger partial charge >= 0.3 is 0 Å². The van der Waals surface area contributed by atoms with E-state index in [2.05, 4.69) is 43.0 Å². The van der Waals surface area contributed by atoms with Gasteiger partial charge in [0, 0.05) is 6.54 Å². The summed E-state index contributed by atoms with van der Waals surface area (Å²) in [5.41, 5.74) is 2.75. The molecule has 0 spiro atoms. The molecule has 15 heavy (non-hydrogen) atoms. The Bertz CT molecular complexity index is 281. The molecule has 1 nitrogen and oxygen atoms in total. The summed E-state index contributed by atoms with van der Waals surface area (Å²) in [7, 11) is 2.02. The maximum absolute atomic E-state index is 5.73. The second-order valence-corrected chi connectivity index (χ2v) is 4.42. The van der Waals surface area contributed by atoms with Crippen LogP contribution in [0.15, 0.2) is 24.3 Å². The van der Waals surface area contributed by atoms with Gasteiger partial charge in [-0.1, -0.05) is 38.1 Å². The molecule has 1 atom stereocenters. The number of rotatable bonds is 5. The monoisotopic (exact) mass is 225 g/mol. The third-order valence-electron chi connectivity index (χ3n) is 2.82. The summed E-state index contributed by atoms with van der Waals surface area (Å²) in [4.78, 5) is 2.08. The molecule has 0 radical (unpaired) electrons. The van der Waals surface area contributed by atoms with Crippen molar-refractivity contribution in [2.45, 2.75) is 32.7 Å². The molecule has 84 valence electrons. The number of hydrogen-bond acceptors (Lipinski definition) is 1. The van der Waals surface area contributed by atoms with Crippen molar-refractivity contribution in [1.29, 1.82) is 0 Å². The first-order chi connectivity index (χ1) is 7.17. The summed E-state index contributed by atoms with van der Waals surface area (Å²) in [5, 5.41) is 0. The summed E-state index contributed by atoms with van der Waals surface area (Å²) in [6.07, 6.45) is 1.20. The van der Waals surface area contributed by atoms with Crippen molar-refractivity contribution in [2.24, 2.45) is 0 Å². The van der Waals surface area contributed by atoms with Crippen LogP contribution in [-0.2, 0) is 6.54 Å². The molecule has 0 fully saturated rings. The second kappa shape index (κ2) is 6.14. The minimum atomic E-state index is 0.577. The van der Waals surface area contributed by atoms with Crippen molar-refractivity contribution < 1.29 is 0 Å². The Morgan fingerprint density at radius 3 is 2.33 bits per heavy atom. The highest BCUT2D eigenvalue weighted by atomic mass is 35.5. The van der Waals surface area contributed by atoms with Crippen LogP contribution in [-0.4, -0.2) is 18.0 Å². The molecule has 0 bridgehead atoms. The van der Waals surface area contributed by atoms with Crippen molar-refractivity contribution in [1.82, 2.24) is 4.90 Å². The van der Waals surface area contributed by atoms with Crippen LogP contribution in [0, 0.1) is 0 Å². The van der Waals surface area contributed by atoms with Crippen molar-refractivity contribution in [3.63, 3.8) is 0 Å². The molecule has 0 aliphatic heterocycles. The molecule has 0 aliphatic carbocycles. The van der Waals surface area contributed by atoms with Gasteiger partial charge in [0.25, 0.3) is 0 Å². The SMILES string of the molecule is CCC(C)c1ccc(CN(C)CCl)cc1. The highest BCUT2D eigenvalue weighted by molar-refractivity contribution is 6.17. The van der Waals surface area contributed by atoms with Crippen molar-refractivity contribution in [2.75, 3.05) is 13.1 Å². The minimum Gasteiger partial charge on any atom is -0.289 e. The zero-order chi connectivity index (χ0) is 11.3. The molecule has 0 aromatic heterocycles. The van der Waals surface area contributed by atoms with E-state index in [0.29, 0.717) is 11.9 Å². The molecule has 0 saturated carbocycles. The van der Waals surface area contributed by atoms with Crippen LogP contribution < -0.4 is 0 Å². The topological polar surface area (TPSA) is 3.24 Å². The van der Waals surface area contributed by atoms with Gasteiger partial charge in [-0.15, -0.1) is 11.6 Å². The van der Waals surface area contributed by atoms with Gasteiger partial charge in [-0.3, -0.25) is 4.90 Å². The predicted molar refractivity (Wildman–Crippen MR) is 67.3 cm³/mol. The van der Waals surface area contributed by atoms with E-state index in [-0.39, 0.29) is 0 Å². The third kappa shape index (κ3) is 3.84. The zero-order valence-electron chi connectivity index (χ0n) is 9.83. The molecule has 0 heterocycles. The lowest BCUT2D eigenvalue weighted by molar-refractivity contribution is 0.382. The van der Waals surface area contributed by atoms with E-state index in [4.69, 9.17) is 11.6 Å². The van der Waals surface area contributed by atoms with Crippen LogP contribution in [0.4, 0.5) is 0 Å². The Labute approximate surface area is 98.0 Å². The van der Waals surface area contributed by atoms with Gasteiger partial charge in [-0.25, -0.2) is 0 Å². The lowest BCUT2D eigenvalue weighted by Gasteiger charge is -2.14. The summed E-state index contributed by atoms with van der Waals surface area (Å²) >= 11 is 5.73. The number of benzene rings is 1. The number of halogens is 1. The van der Waals surface area contributed by atoms with Gasteiger partial charge < -0.3 is 0 Å². The Balaban J connectivity index is 2.64. The maximum atomic E-state index is 5.73. The molecule has 0 amide bonds. The van der Waals surface area contributed by atoms with E-state index in [1.54, 1.807) is 0 Å². The molecule has 1 unspecified atom stereocenters. The van der Waals surface area contributed by atoms with Crippen molar-refractivity contribution >= 4 is 11.6 Å². The van der Waals surface area contributed by atoms with E-state index in [1.807, 2.05) is 7.05 Å². The fourth-order valence-electron chi connectivity index (χ4n) is 1.54. The Kier molecular flexibility index (Phi) is 5.13. The van der Waals surface area contributed by atoms with E-state index >= 15 is 0 Å². The third-order valence-corrected chi connectivity index (χ3v) is 3.23.